The van der Waals surface area contributed by atoms with E-state index in [1.165, 1.54) is 0 Å². The summed E-state index contributed by atoms with van der Waals surface area (Å²) in [5.41, 5.74) is 0.646. The summed E-state index contributed by atoms with van der Waals surface area (Å²) in [5.74, 6) is -0.0169. The van der Waals surface area contributed by atoms with Gasteiger partial charge in [0, 0.05) is 38.4 Å². The van der Waals surface area contributed by atoms with Gasteiger partial charge >= 0.3 is 6.16 Å². The molecule has 3 aromatic rings. The van der Waals surface area contributed by atoms with Gasteiger partial charge in [0.2, 0.25) is 12.6 Å². The van der Waals surface area contributed by atoms with E-state index in [0.29, 0.717) is 61.2 Å². The number of carbonyl (C=O) groups excluding carboxylic acids is 2. The molecule has 1 aliphatic rings. The number of likely N-dealkylation sites (tertiary alicyclic amines) is 1. The minimum absolute atomic E-state index is 0. The van der Waals surface area contributed by atoms with Crippen molar-refractivity contribution in [1.29, 1.82) is 0 Å². The van der Waals surface area contributed by atoms with Crippen molar-refractivity contribution < 1.29 is 52.6 Å². The third-order valence-corrected chi connectivity index (χ3v) is 9.53. The molecule has 0 bridgehead atoms. The van der Waals surface area contributed by atoms with Gasteiger partial charge in [-0.3, -0.25) is 9.28 Å². The summed E-state index contributed by atoms with van der Waals surface area (Å²) >= 11 is 6.13. The van der Waals surface area contributed by atoms with E-state index in [0.717, 1.165) is 16.7 Å². The molecule has 0 atom stereocenters. The van der Waals surface area contributed by atoms with Gasteiger partial charge in [0.1, 0.15) is 17.1 Å². The molecule has 0 spiro atoms. The SMILES string of the molecule is CCC(CC)OC(=O)OC[N+]1(CCC(C(=O)N(C)C)(c2ccccc2)c2ccccc2)CCC(O)(c2ccc(Cl)cc2)CC1.[I-]. The molecule has 1 amide bonds. The first-order valence-corrected chi connectivity index (χ1v) is 15.9. The van der Waals surface area contributed by atoms with Crippen LogP contribution in [-0.4, -0.2) is 73.1 Å². The maximum atomic E-state index is 14.3. The molecule has 0 aromatic heterocycles. The summed E-state index contributed by atoms with van der Waals surface area (Å²) in [6.45, 7) is 5.68. The predicted molar refractivity (Wildman–Crippen MR) is 173 cm³/mol. The number of hydrogen-bond acceptors (Lipinski definition) is 5. The average molecular weight is 749 g/mol. The molecular formula is C36H46ClIN2O5. The lowest BCUT2D eigenvalue weighted by Crippen LogP contribution is -3.00. The van der Waals surface area contributed by atoms with Crippen LogP contribution in [0.2, 0.25) is 5.02 Å². The Labute approximate surface area is 290 Å². The number of ether oxygens (including phenoxy) is 2. The number of carbonyl (C=O) groups is 2. The quantitative estimate of drug-likeness (QED) is 0.173. The second-order valence-electron chi connectivity index (χ2n) is 12.2. The molecule has 244 valence electrons. The standard InChI is InChI=1S/C36H46ClN2O5.HI/c1-5-32(6-2)44-34(41)43-27-39(24-21-35(42,22-25-39)28-17-19-31(37)20-18-28)26-23-36(33(40)38(3)4,29-13-9-7-10-14-29)30-15-11-8-12-16-30;/h7-20,32,42H,5-6,21-27H2,1-4H3;1H/q+1;/p-1. The topological polar surface area (TPSA) is 76.1 Å². The highest BCUT2D eigenvalue weighted by atomic mass is 127. The number of benzene rings is 3. The van der Waals surface area contributed by atoms with Crippen molar-refractivity contribution in [3.8, 4) is 0 Å². The number of piperidine rings is 1. The van der Waals surface area contributed by atoms with E-state index < -0.39 is 17.2 Å². The third kappa shape index (κ3) is 8.58. The van der Waals surface area contributed by atoms with Crippen LogP contribution < -0.4 is 24.0 Å². The van der Waals surface area contributed by atoms with E-state index in [1.807, 2.05) is 86.6 Å². The minimum atomic E-state index is -1.03. The van der Waals surface area contributed by atoms with E-state index >= 15 is 0 Å². The van der Waals surface area contributed by atoms with Crippen LogP contribution in [-0.2, 0) is 25.3 Å². The van der Waals surface area contributed by atoms with Crippen molar-refractivity contribution in [2.75, 3.05) is 40.5 Å². The Morgan fingerprint density at radius 3 is 1.89 bits per heavy atom. The van der Waals surface area contributed by atoms with Gasteiger partial charge in [0.25, 0.3) is 0 Å². The van der Waals surface area contributed by atoms with Crippen molar-refractivity contribution >= 4 is 23.7 Å². The molecule has 9 heteroatoms. The van der Waals surface area contributed by atoms with Gasteiger partial charge in [-0.1, -0.05) is 98.2 Å². The first-order valence-electron chi connectivity index (χ1n) is 15.6. The van der Waals surface area contributed by atoms with Crippen molar-refractivity contribution in [1.82, 2.24) is 4.90 Å². The summed E-state index contributed by atoms with van der Waals surface area (Å²) in [7, 11) is 3.58. The molecular weight excluding hydrogens is 703 g/mol. The summed E-state index contributed by atoms with van der Waals surface area (Å²) in [6.07, 6.45) is 1.94. The molecule has 1 fully saturated rings. The lowest BCUT2D eigenvalue weighted by atomic mass is 9.70. The molecule has 1 saturated heterocycles. The molecule has 0 unspecified atom stereocenters. The molecule has 7 nitrogen and oxygen atoms in total. The van der Waals surface area contributed by atoms with Crippen LogP contribution in [0.5, 0.6) is 0 Å². The van der Waals surface area contributed by atoms with Crippen LogP contribution in [0.25, 0.3) is 0 Å². The normalized spacial score (nSPS) is 19.8. The zero-order valence-electron chi connectivity index (χ0n) is 26.8. The van der Waals surface area contributed by atoms with E-state index in [9.17, 15) is 14.7 Å². The fourth-order valence-corrected chi connectivity index (χ4v) is 6.53. The highest BCUT2D eigenvalue weighted by molar-refractivity contribution is 6.30. The lowest BCUT2D eigenvalue weighted by molar-refractivity contribution is -0.950. The number of nitrogens with zero attached hydrogens (tertiary/aromatic N) is 2. The van der Waals surface area contributed by atoms with Gasteiger partial charge in [-0.05, 0) is 41.7 Å². The molecule has 0 radical (unpaired) electrons. The summed E-state index contributed by atoms with van der Waals surface area (Å²) in [6, 6.07) is 27.1. The summed E-state index contributed by atoms with van der Waals surface area (Å²) in [4.78, 5) is 28.7. The van der Waals surface area contributed by atoms with Crippen LogP contribution in [0.15, 0.2) is 84.9 Å². The van der Waals surface area contributed by atoms with Crippen LogP contribution >= 0.6 is 11.6 Å². The molecule has 0 aliphatic carbocycles. The average Bonchev–Trinajstić information content (AvgIpc) is 3.05. The Hall–Kier alpha value is -2.66. The molecule has 1 aliphatic heterocycles. The first kappa shape index (κ1) is 36.8. The number of quaternary nitrogens is 1. The van der Waals surface area contributed by atoms with Gasteiger partial charge in [0.05, 0.1) is 19.6 Å². The Balaban J connectivity index is 0.00000552. The Morgan fingerprint density at radius 2 is 1.42 bits per heavy atom. The summed E-state index contributed by atoms with van der Waals surface area (Å²) in [5, 5.41) is 12.3. The van der Waals surface area contributed by atoms with Crippen LogP contribution in [0.4, 0.5) is 4.79 Å². The van der Waals surface area contributed by atoms with E-state index in [2.05, 4.69) is 0 Å². The number of halogens is 2. The molecule has 1 N–H and O–H groups in total. The second kappa shape index (κ2) is 16.3. The smallest absolute Gasteiger partial charge is 0.512 e. The van der Waals surface area contributed by atoms with Crippen LogP contribution in [0, 0.1) is 0 Å². The zero-order chi connectivity index (χ0) is 31.8. The first-order chi connectivity index (χ1) is 21.1. The van der Waals surface area contributed by atoms with E-state index in [-0.39, 0.29) is 42.7 Å². The minimum Gasteiger partial charge on any atom is -1.00 e. The molecule has 4 rings (SSSR count). The number of amides is 1. The highest BCUT2D eigenvalue weighted by Crippen LogP contribution is 2.41. The van der Waals surface area contributed by atoms with Crippen molar-refractivity contribution in [2.24, 2.45) is 0 Å². The fourth-order valence-electron chi connectivity index (χ4n) is 6.40. The van der Waals surface area contributed by atoms with Gasteiger partial charge in [-0.15, -0.1) is 0 Å². The summed E-state index contributed by atoms with van der Waals surface area (Å²) < 4.78 is 11.8. The van der Waals surface area contributed by atoms with E-state index in [4.69, 9.17) is 21.1 Å². The van der Waals surface area contributed by atoms with Gasteiger partial charge in [-0.2, -0.15) is 0 Å². The zero-order valence-corrected chi connectivity index (χ0v) is 29.7. The fraction of sp³-hybridized carbons (Fsp3) is 0.444. The van der Waals surface area contributed by atoms with Crippen molar-refractivity contribution in [2.45, 2.75) is 63.1 Å². The Morgan fingerprint density at radius 1 is 0.911 bits per heavy atom. The lowest BCUT2D eigenvalue weighted by Gasteiger charge is -2.47. The van der Waals surface area contributed by atoms with Gasteiger partial charge in [0.15, 0.2) is 0 Å². The maximum absolute atomic E-state index is 14.3. The van der Waals surface area contributed by atoms with Crippen molar-refractivity contribution in [3.05, 3.63) is 107 Å². The van der Waals surface area contributed by atoms with Crippen LogP contribution in [0.3, 0.4) is 0 Å². The molecule has 45 heavy (non-hydrogen) atoms. The number of likely N-dealkylation sites (N-methyl/N-ethyl adjacent to an activating group) is 1. The molecule has 3 aromatic carbocycles. The molecule has 1 heterocycles. The molecule has 0 saturated carbocycles. The number of hydrogen-bond donors (Lipinski definition) is 1. The maximum Gasteiger partial charge on any atom is 0.512 e. The van der Waals surface area contributed by atoms with Gasteiger partial charge in [-0.25, -0.2) is 4.79 Å². The van der Waals surface area contributed by atoms with Gasteiger partial charge < -0.3 is 43.5 Å². The predicted octanol–water partition coefficient (Wildman–Crippen LogP) is 3.91. The Kier molecular flexibility index (Phi) is 13.3. The van der Waals surface area contributed by atoms with Crippen LogP contribution in [0.1, 0.15) is 62.6 Å². The monoisotopic (exact) mass is 748 g/mol. The second-order valence-corrected chi connectivity index (χ2v) is 12.7. The van der Waals surface area contributed by atoms with Crippen molar-refractivity contribution in [3.63, 3.8) is 0 Å². The third-order valence-electron chi connectivity index (χ3n) is 9.28. The largest absolute Gasteiger partial charge is 1.00 e. The number of rotatable bonds is 12. The number of aliphatic hydroxyl groups is 1. The highest BCUT2D eigenvalue weighted by Gasteiger charge is 2.48. The Bertz CT molecular complexity index is 1320. The van der Waals surface area contributed by atoms with E-state index in [1.54, 1.807) is 31.1 Å².